The summed E-state index contributed by atoms with van der Waals surface area (Å²) < 4.78 is 1.28. The molecule has 0 fully saturated rings. The van der Waals surface area contributed by atoms with Crippen LogP contribution in [0.4, 0.5) is 0 Å². The van der Waals surface area contributed by atoms with Crippen molar-refractivity contribution in [2.24, 2.45) is 5.92 Å². The number of allylic oxidation sites excluding steroid dienone is 4. The van der Waals surface area contributed by atoms with Crippen LogP contribution >= 0.6 is 15.9 Å². The van der Waals surface area contributed by atoms with Gasteiger partial charge in [-0.1, -0.05) is 48.4 Å². The third-order valence-corrected chi connectivity index (χ3v) is 3.32. The van der Waals surface area contributed by atoms with Crippen LogP contribution in [0.3, 0.4) is 0 Å². The Hall–Kier alpha value is -0.0400. The molecule has 0 aromatic rings. The quantitative estimate of drug-likeness (QED) is 0.619. The zero-order valence-corrected chi connectivity index (χ0v) is 10.3. The van der Waals surface area contributed by atoms with Crippen molar-refractivity contribution in [2.75, 3.05) is 0 Å². The Balaban J connectivity index is 4.66. The number of hydrogen-bond donors (Lipinski definition) is 0. The lowest BCUT2D eigenvalue weighted by atomic mass is 10.0. The Labute approximate surface area is 84.9 Å². The molecule has 0 spiro atoms. The molecule has 0 nitrogen and oxygen atoms in total. The van der Waals surface area contributed by atoms with Gasteiger partial charge in [-0.2, -0.15) is 0 Å². The van der Waals surface area contributed by atoms with E-state index in [0.717, 1.165) is 6.42 Å². The minimum Gasteiger partial charge on any atom is -0.0808 e. The van der Waals surface area contributed by atoms with Gasteiger partial charge in [0.25, 0.3) is 0 Å². The van der Waals surface area contributed by atoms with Gasteiger partial charge in [0.1, 0.15) is 0 Å². The number of halogens is 1. The van der Waals surface area contributed by atoms with Crippen molar-refractivity contribution in [3.05, 3.63) is 21.7 Å². The second kappa shape index (κ2) is 5.58. The summed E-state index contributed by atoms with van der Waals surface area (Å²) >= 11 is 3.62. The summed E-state index contributed by atoms with van der Waals surface area (Å²) in [5, 5.41) is 0. The lowest BCUT2D eigenvalue weighted by molar-refractivity contribution is 0.766. The van der Waals surface area contributed by atoms with Crippen molar-refractivity contribution in [1.82, 2.24) is 0 Å². The van der Waals surface area contributed by atoms with Gasteiger partial charge >= 0.3 is 0 Å². The first-order valence-corrected chi connectivity index (χ1v) is 5.33. The van der Waals surface area contributed by atoms with Crippen LogP contribution in [0.2, 0.25) is 0 Å². The molecular formula is C11H19Br. The first-order chi connectivity index (χ1) is 5.50. The molecule has 0 bridgehead atoms. The Morgan fingerprint density at radius 2 is 1.83 bits per heavy atom. The van der Waals surface area contributed by atoms with Gasteiger partial charge in [0.2, 0.25) is 0 Å². The maximum atomic E-state index is 3.62. The van der Waals surface area contributed by atoms with E-state index < -0.39 is 0 Å². The molecule has 0 aliphatic rings. The highest BCUT2D eigenvalue weighted by Crippen LogP contribution is 2.25. The van der Waals surface area contributed by atoms with Crippen LogP contribution in [0.5, 0.6) is 0 Å². The minimum absolute atomic E-state index is 0.625. The summed E-state index contributed by atoms with van der Waals surface area (Å²) in [6, 6.07) is 0. The molecule has 1 heteroatoms. The van der Waals surface area contributed by atoms with Gasteiger partial charge in [-0.3, -0.25) is 0 Å². The lowest BCUT2D eigenvalue weighted by Crippen LogP contribution is -1.92. The molecule has 0 aromatic carbocycles. The molecule has 0 atom stereocenters. The number of hydrogen-bond acceptors (Lipinski definition) is 0. The van der Waals surface area contributed by atoms with E-state index in [0.29, 0.717) is 5.92 Å². The fourth-order valence-electron chi connectivity index (χ4n) is 0.960. The molecule has 0 amide bonds. The molecule has 70 valence electrons. The van der Waals surface area contributed by atoms with Crippen LogP contribution in [-0.2, 0) is 0 Å². The standard InChI is InChI=1S/C11H19Br/c1-6-7-9(4)11(12)10(5)8(2)3/h7-8H,6H2,1-5H3/b9-7-,11-10-. The summed E-state index contributed by atoms with van der Waals surface area (Å²) in [7, 11) is 0. The van der Waals surface area contributed by atoms with Gasteiger partial charge in [-0.15, -0.1) is 0 Å². The van der Waals surface area contributed by atoms with Crippen LogP contribution in [0.15, 0.2) is 21.7 Å². The average molecular weight is 231 g/mol. The van der Waals surface area contributed by atoms with Gasteiger partial charge in [-0.25, -0.2) is 0 Å². The van der Waals surface area contributed by atoms with E-state index in [2.05, 4.69) is 56.6 Å². The van der Waals surface area contributed by atoms with Crippen LogP contribution < -0.4 is 0 Å². The molecular weight excluding hydrogens is 212 g/mol. The normalized spacial score (nSPS) is 15.1. The largest absolute Gasteiger partial charge is 0.0808 e. The molecule has 0 heterocycles. The molecule has 12 heavy (non-hydrogen) atoms. The third-order valence-electron chi connectivity index (χ3n) is 2.07. The van der Waals surface area contributed by atoms with Crippen molar-refractivity contribution < 1.29 is 0 Å². The predicted molar refractivity (Wildman–Crippen MR) is 60.5 cm³/mol. The van der Waals surface area contributed by atoms with Gasteiger partial charge < -0.3 is 0 Å². The van der Waals surface area contributed by atoms with Gasteiger partial charge in [0, 0.05) is 4.48 Å². The molecule has 0 saturated carbocycles. The molecule has 0 radical (unpaired) electrons. The average Bonchev–Trinajstić information content (AvgIpc) is 2.02. The van der Waals surface area contributed by atoms with Crippen molar-refractivity contribution in [1.29, 1.82) is 0 Å². The summed E-state index contributed by atoms with van der Waals surface area (Å²) in [6.07, 6.45) is 3.35. The maximum Gasteiger partial charge on any atom is 0.0193 e. The van der Waals surface area contributed by atoms with Crippen molar-refractivity contribution in [3.63, 3.8) is 0 Å². The Morgan fingerprint density at radius 1 is 1.33 bits per heavy atom. The Morgan fingerprint density at radius 3 is 2.17 bits per heavy atom. The SMILES string of the molecule is CC/C=C(C)\C(Br)=C(/C)C(C)C. The van der Waals surface area contributed by atoms with E-state index in [1.807, 2.05) is 0 Å². The summed E-state index contributed by atoms with van der Waals surface area (Å²) in [4.78, 5) is 0. The van der Waals surface area contributed by atoms with Gasteiger partial charge in [-0.05, 0) is 31.8 Å². The monoisotopic (exact) mass is 230 g/mol. The summed E-state index contributed by atoms with van der Waals surface area (Å²) in [5.41, 5.74) is 2.78. The van der Waals surface area contributed by atoms with Crippen LogP contribution in [0, 0.1) is 5.92 Å². The second-order valence-corrected chi connectivity index (χ2v) is 4.24. The molecule has 0 aliphatic carbocycles. The second-order valence-electron chi connectivity index (χ2n) is 3.45. The van der Waals surface area contributed by atoms with E-state index in [1.54, 1.807) is 0 Å². The predicted octanol–water partition coefficient (Wildman–Crippen LogP) is 4.67. The minimum atomic E-state index is 0.625. The van der Waals surface area contributed by atoms with E-state index in [1.165, 1.54) is 15.6 Å². The highest BCUT2D eigenvalue weighted by atomic mass is 79.9. The van der Waals surface area contributed by atoms with Gasteiger partial charge in [0.15, 0.2) is 0 Å². The molecule has 0 aliphatic heterocycles. The van der Waals surface area contributed by atoms with E-state index in [4.69, 9.17) is 0 Å². The van der Waals surface area contributed by atoms with Crippen LogP contribution in [0.1, 0.15) is 41.0 Å². The van der Waals surface area contributed by atoms with Crippen molar-refractivity contribution in [2.45, 2.75) is 41.0 Å². The van der Waals surface area contributed by atoms with Gasteiger partial charge in [0.05, 0.1) is 0 Å². The maximum absolute atomic E-state index is 3.62. The van der Waals surface area contributed by atoms with Crippen molar-refractivity contribution >= 4 is 15.9 Å². The highest BCUT2D eigenvalue weighted by Gasteiger charge is 2.03. The summed E-state index contributed by atoms with van der Waals surface area (Å²) in [5.74, 6) is 0.625. The molecule has 0 rings (SSSR count). The van der Waals surface area contributed by atoms with E-state index in [-0.39, 0.29) is 0 Å². The number of rotatable bonds is 3. The molecule has 0 aromatic heterocycles. The lowest BCUT2D eigenvalue weighted by Gasteiger charge is -2.09. The third kappa shape index (κ3) is 3.57. The fraction of sp³-hybridized carbons (Fsp3) is 0.636. The fourth-order valence-corrected chi connectivity index (χ4v) is 1.58. The highest BCUT2D eigenvalue weighted by molar-refractivity contribution is 9.12. The van der Waals surface area contributed by atoms with E-state index >= 15 is 0 Å². The Bertz CT molecular complexity index is 197. The molecule has 0 saturated heterocycles. The zero-order valence-electron chi connectivity index (χ0n) is 8.74. The smallest absolute Gasteiger partial charge is 0.0193 e. The summed E-state index contributed by atoms with van der Waals surface area (Å²) in [6.45, 7) is 10.9. The first-order valence-electron chi connectivity index (χ1n) is 4.54. The van der Waals surface area contributed by atoms with E-state index in [9.17, 15) is 0 Å². The topological polar surface area (TPSA) is 0 Å². The first kappa shape index (κ1) is 12.0. The van der Waals surface area contributed by atoms with Crippen LogP contribution in [-0.4, -0.2) is 0 Å². The molecule has 0 N–H and O–H groups in total. The zero-order chi connectivity index (χ0) is 9.72. The Kier molecular flexibility index (Phi) is 5.56. The van der Waals surface area contributed by atoms with Crippen molar-refractivity contribution in [3.8, 4) is 0 Å². The molecule has 0 unspecified atom stereocenters. The van der Waals surface area contributed by atoms with Crippen LogP contribution in [0.25, 0.3) is 0 Å².